The van der Waals surface area contributed by atoms with Crippen molar-refractivity contribution in [1.29, 1.82) is 0 Å². The Bertz CT molecular complexity index is 509. The Balaban J connectivity index is 2.23. The fraction of sp³-hybridized carbons (Fsp3) is 0.538. The summed E-state index contributed by atoms with van der Waals surface area (Å²) < 4.78 is 0. The maximum absolute atomic E-state index is 12.3. The molecule has 0 aliphatic carbocycles. The lowest BCUT2D eigenvalue weighted by Crippen LogP contribution is -2.53. The Morgan fingerprint density at radius 3 is 2.78 bits per heavy atom. The van der Waals surface area contributed by atoms with E-state index in [0.29, 0.717) is 6.54 Å². The number of hydrogen-bond acceptors (Lipinski definition) is 3. The van der Waals surface area contributed by atoms with Crippen LogP contribution in [0.5, 0.6) is 0 Å². The van der Waals surface area contributed by atoms with Crippen LogP contribution in [0.15, 0.2) is 17.1 Å². The Morgan fingerprint density at radius 2 is 2.17 bits per heavy atom. The number of amides is 1. The van der Waals surface area contributed by atoms with E-state index in [1.165, 1.54) is 12.3 Å². The van der Waals surface area contributed by atoms with Gasteiger partial charge in [-0.3, -0.25) is 9.59 Å². The van der Waals surface area contributed by atoms with Gasteiger partial charge in [0.05, 0.1) is 0 Å². The fourth-order valence-corrected chi connectivity index (χ4v) is 2.34. The molecule has 0 spiro atoms. The highest BCUT2D eigenvalue weighted by Gasteiger charge is 2.27. The van der Waals surface area contributed by atoms with Gasteiger partial charge in [0.15, 0.2) is 5.43 Å². The zero-order valence-electron chi connectivity index (χ0n) is 11.1. The highest BCUT2D eigenvalue weighted by Crippen LogP contribution is 2.11. The first-order valence-corrected chi connectivity index (χ1v) is 6.18. The van der Waals surface area contributed by atoms with Gasteiger partial charge in [0.2, 0.25) is 0 Å². The molecule has 98 valence electrons. The minimum absolute atomic E-state index is 0.136. The van der Waals surface area contributed by atoms with Crippen molar-refractivity contribution in [2.75, 3.05) is 26.7 Å². The molecule has 2 rings (SSSR count). The van der Waals surface area contributed by atoms with E-state index >= 15 is 0 Å². The van der Waals surface area contributed by atoms with Crippen molar-refractivity contribution in [2.45, 2.75) is 19.9 Å². The summed E-state index contributed by atoms with van der Waals surface area (Å²) in [4.78, 5) is 31.0. The van der Waals surface area contributed by atoms with Gasteiger partial charge in [0.1, 0.15) is 5.56 Å². The molecule has 1 saturated heterocycles. The minimum atomic E-state index is -0.206. The molecule has 1 aromatic rings. The van der Waals surface area contributed by atoms with E-state index in [2.05, 4.69) is 9.88 Å². The number of aromatic amines is 1. The van der Waals surface area contributed by atoms with E-state index in [1.54, 1.807) is 11.8 Å². The molecule has 5 nitrogen and oxygen atoms in total. The van der Waals surface area contributed by atoms with Crippen molar-refractivity contribution in [2.24, 2.45) is 0 Å². The second-order valence-electron chi connectivity index (χ2n) is 5.00. The van der Waals surface area contributed by atoms with Gasteiger partial charge in [0.25, 0.3) is 5.91 Å². The maximum atomic E-state index is 12.3. The molecule has 1 amide bonds. The van der Waals surface area contributed by atoms with Crippen LogP contribution in [0.4, 0.5) is 0 Å². The Hall–Kier alpha value is -1.62. The molecule has 1 fully saturated rings. The SMILES string of the molecule is Cc1cc(=O)c(C(=O)N2CCN(C)CC2C)c[nH]1. The molecule has 18 heavy (non-hydrogen) atoms. The van der Waals surface area contributed by atoms with Crippen LogP contribution in [-0.2, 0) is 0 Å². The average molecular weight is 249 g/mol. The number of H-pyrrole nitrogens is 1. The molecular formula is C13H19N3O2. The molecule has 1 atom stereocenters. The lowest BCUT2D eigenvalue weighted by molar-refractivity contribution is 0.0532. The number of hydrogen-bond donors (Lipinski definition) is 1. The third-order valence-electron chi connectivity index (χ3n) is 3.38. The molecule has 1 aliphatic heterocycles. The molecule has 1 aromatic heterocycles. The van der Waals surface area contributed by atoms with E-state index in [-0.39, 0.29) is 22.9 Å². The molecule has 0 radical (unpaired) electrons. The van der Waals surface area contributed by atoms with Gasteiger partial charge in [-0.1, -0.05) is 0 Å². The van der Waals surface area contributed by atoms with Crippen LogP contribution in [-0.4, -0.2) is 53.4 Å². The fourth-order valence-electron chi connectivity index (χ4n) is 2.34. The molecule has 1 aliphatic rings. The topological polar surface area (TPSA) is 56.4 Å². The molecule has 5 heteroatoms. The first-order chi connectivity index (χ1) is 8.49. The first kappa shape index (κ1) is 12.8. The van der Waals surface area contributed by atoms with Crippen molar-refractivity contribution >= 4 is 5.91 Å². The van der Waals surface area contributed by atoms with Crippen LogP contribution in [0, 0.1) is 6.92 Å². The van der Waals surface area contributed by atoms with Gasteiger partial charge in [-0.2, -0.15) is 0 Å². The van der Waals surface area contributed by atoms with E-state index in [9.17, 15) is 9.59 Å². The molecule has 2 heterocycles. The normalized spacial score (nSPS) is 21.1. The predicted octanol–water partition coefficient (Wildman–Crippen LogP) is 0.459. The molecular weight excluding hydrogens is 230 g/mol. The number of pyridine rings is 1. The number of aryl methyl sites for hydroxylation is 1. The van der Waals surface area contributed by atoms with Crippen LogP contribution in [0.25, 0.3) is 0 Å². The summed E-state index contributed by atoms with van der Waals surface area (Å²) in [6.07, 6.45) is 1.52. The summed E-state index contributed by atoms with van der Waals surface area (Å²) in [5.74, 6) is -0.170. The third-order valence-corrected chi connectivity index (χ3v) is 3.38. The largest absolute Gasteiger partial charge is 0.364 e. The number of carbonyl (C=O) groups is 1. The van der Waals surface area contributed by atoms with Gasteiger partial charge < -0.3 is 14.8 Å². The van der Waals surface area contributed by atoms with Crippen LogP contribution in [0.1, 0.15) is 23.0 Å². The second kappa shape index (κ2) is 4.94. The van der Waals surface area contributed by atoms with Gasteiger partial charge >= 0.3 is 0 Å². The van der Waals surface area contributed by atoms with Crippen molar-refractivity contribution in [3.8, 4) is 0 Å². The average Bonchev–Trinajstić information content (AvgIpc) is 2.28. The Kier molecular flexibility index (Phi) is 3.52. The number of piperazine rings is 1. The quantitative estimate of drug-likeness (QED) is 0.786. The van der Waals surface area contributed by atoms with E-state index in [1.807, 2.05) is 14.0 Å². The summed E-state index contributed by atoms with van der Waals surface area (Å²) in [5.41, 5.74) is 0.794. The zero-order chi connectivity index (χ0) is 13.3. The van der Waals surface area contributed by atoms with Crippen LogP contribution >= 0.6 is 0 Å². The maximum Gasteiger partial charge on any atom is 0.259 e. The van der Waals surface area contributed by atoms with Crippen molar-refractivity contribution in [1.82, 2.24) is 14.8 Å². The number of rotatable bonds is 1. The second-order valence-corrected chi connectivity index (χ2v) is 5.00. The highest BCUT2D eigenvalue weighted by atomic mass is 16.2. The Morgan fingerprint density at radius 1 is 1.44 bits per heavy atom. The molecule has 1 unspecified atom stereocenters. The number of nitrogens with zero attached hydrogens (tertiary/aromatic N) is 2. The lowest BCUT2D eigenvalue weighted by Gasteiger charge is -2.38. The van der Waals surface area contributed by atoms with Crippen LogP contribution in [0.3, 0.4) is 0 Å². The summed E-state index contributed by atoms with van der Waals surface area (Å²) in [6, 6.07) is 1.60. The van der Waals surface area contributed by atoms with Crippen LogP contribution in [0.2, 0.25) is 0 Å². The lowest BCUT2D eigenvalue weighted by atomic mass is 10.1. The molecule has 0 aromatic carbocycles. The van der Waals surface area contributed by atoms with Gasteiger partial charge in [-0.15, -0.1) is 0 Å². The summed E-state index contributed by atoms with van der Waals surface area (Å²) in [7, 11) is 2.04. The van der Waals surface area contributed by atoms with Crippen molar-refractivity contribution in [3.63, 3.8) is 0 Å². The van der Waals surface area contributed by atoms with Crippen molar-refractivity contribution in [3.05, 3.63) is 33.7 Å². The van der Waals surface area contributed by atoms with E-state index < -0.39 is 0 Å². The Labute approximate surface area is 106 Å². The van der Waals surface area contributed by atoms with Crippen molar-refractivity contribution < 1.29 is 4.79 Å². The zero-order valence-corrected chi connectivity index (χ0v) is 11.1. The smallest absolute Gasteiger partial charge is 0.259 e. The summed E-state index contributed by atoms with van der Waals surface area (Å²) in [6.45, 7) is 6.17. The van der Waals surface area contributed by atoms with Gasteiger partial charge in [-0.05, 0) is 20.9 Å². The molecule has 1 N–H and O–H groups in total. The molecule has 0 saturated carbocycles. The van der Waals surface area contributed by atoms with Crippen LogP contribution < -0.4 is 5.43 Å². The first-order valence-electron chi connectivity index (χ1n) is 6.18. The number of likely N-dealkylation sites (N-methyl/N-ethyl adjacent to an activating group) is 1. The number of nitrogens with one attached hydrogen (secondary N) is 1. The monoisotopic (exact) mass is 249 g/mol. The third kappa shape index (κ3) is 2.46. The van der Waals surface area contributed by atoms with E-state index in [4.69, 9.17) is 0 Å². The van der Waals surface area contributed by atoms with E-state index in [0.717, 1.165) is 18.8 Å². The molecule has 0 bridgehead atoms. The summed E-state index contributed by atoms with van der Waals surface area (Å²) >= 11 is 0. The minimum Gasteiger partial charge on any atom is -0.364 e. The predicted molar refractivity (Wildman–Crippen MR) is 69.8 cm³/mol. The highest BCUT2D eigenvalue weighted by molar-refractivity contribution is 5.94. The van der Waals surface area contributed by atoms with Gasteiger partial charge in [0, 0.05) is 43.6 Å². The number of carbonyl (C=O) groups excluding carboxylic acids is 1. The summed E-state index contributed by atoms with van der Waals surface area (Å²) in [5, 5.41) is 0. The number of aromatic nitrogens is 1. The van der Waals surface area contributed by atoms with Gasteiger partial charge in [-0.25, -0.2) is 0 Å². The standard InChI is InChI=1S/C13H19N3O2/c1-9-6-12(17)11(7-14-9)13(18)16-5-4-15(3)8-10(16)2/h6-7,10H,4-5,8H2,1-3H3,(H,14,17).